The summed E-state index contributed by atoms with van der Waals surface area (Å²) in [5.41, 5.74) is 0. The Hall–Kier alpha value is -1.78. The zero-order chi connectivity index (χ0) is 7.84. The summed E-state index contributed by atoms with van der Waals surface area (Å²) in [5, 5.41) is 10.7. The molecule has 11 heavy (non-hydrogen) atoms. The SMILES string of the molecule is O=[N+]([O-])c1cc2ccoc2o1. The molecule has 0 saturated carbocycles. The van der Waals surface area contributed by atoms with Crippen molar-refractivity contribution in [3.8, 4) is 0 Å². The number of hydrogen-bond donors (Lipinski definition) is 0. The van der Waals surface area contributed by atoms with Crippen LogP contribution in [0.25, 0.3) is 11.2 Å². The van der Waals surface area contributed by atoms with Crippen LogP contribution in [0, 0.1) is 10.1 Å². The van der Waals surface area contributed by atoms with E-state index in [1.807, 2.05) is 0 Å². The van der Waals surface area contributed by atoms with Gasteiger partial charge in [-0.15, -0.1) is 0 Å². The number of rotatable bonds is 1. The fraction of sp³-hybridized carbons (Fsp3) is 0. The second-order valence-electron chi connectivity index (χ2n) is 2.01. The van der Waals surface area contributed by atoms with E-state index < -0.39 is 4.92 Å². The van der Waals surface area contributed by atoms with Gasteiger partial charge in [0.15, 0.2) is 0 Å². The van der Waals surface area contributed by atoms with E-state index in [1.54, 1.807) is 6.07 Å². The van der Waals surface area contributed by atoms with Gasteiger partial charge in [-0.3, -0.25) is 10.1 Å². The van der Waals surface area contributed by atoms with Gasteiger partial charge in [0.25, 0.3) is 0 Å². The van der Waals surface area contributed by atoms with Gasteiger partial charge in [-0.25, -0.2) is 0 Å². The molecule has 0 unspecified atom stereocenters. The number of nitrogens with zero attached hydrogens (tertiary/aromatic N) is 1. The minimum absolute atomic E-state index is 0.191. The number of nitro groups is 1. The van der Waals surface area contributed by atoms with E-state index in [4.69, 9.17) is 8.83 Å². The van der Waals surface area contributed by atoms with Gasteiger partial charge < -0.3 is 8.83 Å². The van der Waals surface area contributed by atoms with Gasteiger partial charge in [0, 0.05) is 0 Å². The minimum Gasteiger partial charge on any atom is -0.433 e. The molecule has 0 aromatic carbocycles. The van der Waals surface area contributed by atoms with Crippen molar-refractivity contribution in [1.29, 1.82) is 0 Å². The van der Waals surface area contributed by atoms with Crippen LogP contribution in [0.1, 0.15) is 0 Å². The maximum atomic E-state index is 10.1. The largest absolute Gasteiger partial charge is 0.436 e. The van der Waals surface area contributed by atoms with Crippen LogP contribution in [-0.2, 0) is 0 Å². The highest BCUT2D eigenvalue weighted by Gasteiger charge is 2.14. The third kappa shape index (κ3) is 0.778. The Bertz CT molecular complexity index is 371. The van der Waals surface area contributed by atoms with Gasteiger partial charge in [0.2, 0.25) is 0 Å². The van der Waals surface area contributed by atoms with E-state index in [9.17, 15) is 10.1 Å². The Balaban J connectivity index is 2.67. The molecule has 5 nitrogen and oxygen atoms in total. The van der Waals surface area contributed by atoms with Gasteiger partial charge in [-0.05, 0) is 6.07 Å². The molecular formula is C6H3NO4. The first-order valence-electron chi connectivity index (χ1n) is 2.89. The predicted octanol–water partition coefficient (Wildman–Crippen LogP) is 1.93. The average Bonchev–Trinajstić information content (AvgIpc) is 2.40. The van der Waals surface area contributed by atoms with E-state index in [2.05, 4.69) is 0 Å². The first-order valence-corrected chi connectivity index (χ1v) is 2.89. The summed E-state index contributed by atoms with van der Waals surface area (Å²) in [5.74, 6) is -0.101. The normalized spacial score (nSPS) is 10.5. The van der Waals surface area contributed by atoms with Crippen molar-refractivity contribution in [1.82, 2.24) is 0 Å². The lowest BCUT2D eigenvalue weighted by Gasteiger charge is -1.78. The summed E-state index contributed by atoms with van der Waals surface area (Å²) >= 11 is 0. The van der Waals surface area contributed by atoms with Gasteiger partial charge >= 0.3 is 11.7 Å². The summed E-state index contributed by atoms with van der Waals surface area (Å²) in [6, 6.07) is 2.92. The highest BCUT2D eigenvalue weighted by Crippen LogP contribution is 2.24. The molecule has 0 spiro atoms. The monoisotopic (exact) mass is 153 g/mol. The first kappa shape index (κ1) is 5.96. The van der Waals surface area contributed by atoms with Crippen LogP contribution >= 0.6 is 0 Å². The van der Waals surface area contributed by atoms with E-state index in [-0.39, 0.29) is 11.7 Å². The predicted molar refractivity (Wildman–Crippen MR) is 35.1 cm³/mol. The molecule has 0 N–H and O–H groups in total. The van der Waals surface area contributed by atoms with Crippen LogP contribution < -0.4 is 0 Å². The third-order valence-electron chi connectivity index (χ3n) is 1.31. The van der Waals surface area contributed by atoms with Gasteiger partial charge in [-0.2, -0.15) is 0 Å². The molecule has 2 rings (SSSR count). The zero-order valence-electron chi connectivity index (χ0n) is 5.31. The van der Waals surface area contributed by atoms with Crippen molar-refractivity contribution in [2.45, 2.75) is 0 Å². The van der Waals surface area contributed by atoms with Crippen molar-refractivity contribution < 1.29 is 13.8 Å². The van der Waals surface area contributed by atoms with Crippen molar-refractivity contribution in [2.75, 3.05) is 0 Å². The zero-order valence-corrected chi connectivity index (χ0v) is 5.31. The molecule has 0 aliphatic heterocycles. The molecule has 2 aromatic rings. The second kappa shape index (κ2) is 1.85. The fourth-order valence-electron chi connectivity index (χ4n) is 0.843. The molecule has 0 saturated heterocycles. The standard InChI is InChI=1S/C6H3NO4/c8-7(9)5-3-4-1-2-10-6(4)11-5/h1-3H. The topological polar surface area (TPSA) is 69.4 Å². The summed E-state index contributed by atoms with van der Waals surface area (Å²) < 4.78 is 9.48. The molecule has 0 fully saturated rings. The lowest BCUT2D eigenvalue weighted by Crippen LogP contribution is -1.82. The number of fused-ring (bicyclic) bond motifs is 1. The number of furan rings is 2. The lowest BCUT2D eigenvalue weighted by molar-refractivity contribution is -0.401. The Labute approximate surface area is 60.4 Å². The third-order valence-corrected chi connectivity index (χ3v) is 1.31. The Kier molecular flexibility index (Phi) is 1.00. The fourth-order valence-corrected chi connectivity index (χ4v) is 0.843. The van der Waals surface area contributed by atoms with E-state index >= 15 is 0 Å². The highest BCUT2D eigenvalue weighted by atomic mass is 16.7. The number of hydrogen-bond acceptors (Lipinski definition) is 4. The Morgan fingerprint density at radius 1 is 1.55 bits per heavy atom. The van der Waals surface area contributed by atoms with Crippen molar-refractivity contribution in [3.63, 3.8) is 0 Å². The van der Waals surface area contributed by atoms with Crippen LogP contribution in [0.2, 0.25) is 0 Å². The lowest BCUT2D eigenvalue weighted by atomic mass is 10.4. The van der Waals surface area contributed by atoms with Crippen LogP contribution in [0.15, 0.2) is 27.2 Å². The molecule has 2 heterocycles. The molecule has 5 heteroatoms. The van der Waals surface area contributed by atoms with Crippen LogP contribution in [-0.4, -0.2) is 4.92 Å². The van der Waals surface area contributed by atoms with Crippen LogP contribution in [0.3, 0.4) is 0 Å². The van der Waals surface area contributed by atoms with E-state index in [0.29, 0.717) is 5.39 Å². The molecule has 0 radical (unpaired) electrons. The van der Waals surface area contributed by atoms with Gasteiger partial charge in [0.05, 0.1) is 17.7 Å². The molecule has 0 amide bonds. The Morgan fingerprint density at radius 3 is 3.00 bits per heavy atom. The highest BCUT2D eigenvalue weighted by molar-refractivity contribution is 5.74. The second-order valence-corrected chi connectivity index (χ2v) is 2.01. The summed E-state index contributed by atoms with van der Waals surface area (Å²) in [7, 11) is 0. The minimum atomic E-state index is -0.602. The summed E-state index contributed by atoms with van der Waals surface area (Å²) in [6.45, 7) is 0. The molecule has 0 aliphatic rings. The van der Waals surface area contributed by atoms with Gasteiger partial charge in [-0.1, -0.05) is 0 Å². The smallest absolute Gasteiger partial charge is 0.433 e. The van der Waals surface area contributed by atoms with Crippen LogP contribution in [0.4, 0.5) is 5.88 Å². The average molecular weight is 153 g/mol. The summed E-state index contributed by atoms with van der Waals surface area (Å²) in [6.07, 6.45) is 1.41. The van der Waals surface area contributed by atoms with Crippen molar-refractivity contribution in [3.05, 3.63) is 28.5 Å². The van der Waals surface area contributed by atoms with E-state index in [0.717, 1.165) is 0 Å². The van der Waals surface area contributed by atoms with E-state index in [1.165, 1.54) is 12.3 Å². The molecule has 0 aliphatic carbocycles. The molecule has 0 atom stereocenters. The first-order chi connectivity index (χ1) is 5.27. The Morgan fingerprint density at radius 2 is 2.36 bits per heavy atom. The molecule has 0 bridgehead atoms. The molecular weight excluding hydrogens is 150 g/mol. The van der Waals surface area contributed by atoms with Crippen LogP contribution in [0.5, 0.6) is 0 Å². The van der Waals surface area contributed by atoms with Gasteiger partial charge in [0.1, 0.15) is 4.92 Å². The maximum Gasteiger partial charge on any atom is 0.436 e. The van der Waals surface area contributed by atoms with Crippen molar-refractivity contribution >= 4 is 17.1 Å². The molecule has 56 valence electrons. The maximum absolute atomic E-state index is 10.1. The molecule has 2 aromatic heterocycles. The summed E-state index contributed by atoms with van der Waals surface area (Å²) in [4.78, 5) is 9.54. The quantitative estimate of drug-likeness (QED) is 0.463. The van der Waals surface area contributed by atoms with Crippen molar-refractivity contribution in [2.24, 2.45) is 0 Å².